The van der Waals surface area contributed by atoms with Crippen LogP contribution in [0.5, 0.6) is 0 Å². The maximum atomic E-state index is 10.5. The summed E-state index contributed by atoms with van der Waals surface area (Å²) in [7, 11) is 0. The molecule has 0 unspecified atom stereocenters. The Morgan fingerprint density at radius 2 is 2.32 bits per heavy atom. The van der Waals surface area contributed by atoms with Gasteiger partial charge in [0.2, 0.25) is 0 Å². The van der Waals surface area contributed by atoms with Crippen LogP contribution >= 0.6 is 11.6 Å². The van der Waals surface area contributed by atoms with E-state index in [0.717, 1.165) is 5.69 Å². The largest absolute Gasteiger partial charge is 0.480 e. The zero-order chi connectivity index (χ0) is 14.0. The maximum absolute atomic E-state index is 10.5. The van der Waals surface area contributed by atoms with Crippen molar-refractivity contribution in [1.29, 1.82) is 5.26 Å². The van der Waals surface area contributed by atoms with Gasteiger partial charge in [-0.25, -0.2) is 4.79 Å². The molecule has 1 aromatic rings. The average Bonchev–Trinajstić information content (AvgIpc) is 2.32. The molecule has 0 amide bonds. The Kier molecular flexibility index (Phi) is 3.65. The van der Waals surface area contributed by atoms with E-state index in [4.69, 9.17) is 26.7 Å². The lowest BCUT2D eigenvalue weighted by atomic mass is 9.94. The highest BCUT2D eigenvalue weighted by Gasteiger charge is 2.41. The number of hydrogen-bond donors (Lipinski definition) is 1. The standard InChI is InChI=1S/C13H13ClN2O3/c1-13(19-6-12(17)18)7-16(8-13)11-4-2-3-10(14)9(11)5-15/h2-4H,6-8H2,1H3,(H,17,18). The number of carbonyl (C=O) groups is 1. The zero-order valence-corrected chi connectivity index (χ0v) is 11.1. The van der Waals surface area contributed by atoms with Gasteiger partial charge in [0.1, 0.15) is 18.3 Å². The van der Waals surface area contributed by atoms with Crippen LogP contribution in [-0.4, -0.2) is 36.4 Å². The first kappa shape index (κ1) is 13.7. The van der Waals surface area contributed by atoms with Crippen molar-refractivity contribution in [2.45, 2.75) is 12.5 Å². The molecule has 1 N–H and O–H groups in total. The van der Waals surface area contributed by atoms with E-state index in [1.807, 2.05) is 17.9 Å². The van der Waals surface area contributed by atoms with E-state index >= 15 is 0 Å². The predicted octanol–water partition coefficient (Wildman–Crippen LogP) is 1.89. The summed E-state index contributed by atoms with van der Waals surface area (Å²) in [5.74, 6) is -0.986. The molecule has 1 heterocycles. The first-order valence-electron chi connectivity index (χ1n) is 5.74. The van der Waals surface area contributed by atoms with Crippen LogP contribution in [0.1, 0.15) is 12.5 Å². The van der Waals surface area contributed by atoms with Crippen LogP contribution < -0.4 is 4.90 Å². The average molecular weight is 281 g/mol. The van der Waals surface area contributed by atoms with E-state index in [9.17, 15) is 4.79 Å². The van der Waals surface area contributed by atoms with Crippen LogP contribution in [0.3, 0.4) is 0 Å². The van der Waals surface area contributed by atoms with Crippen molar-refractivity contribution in [3.05, 3.63) is 28.8 Å². The SMILES string of the molecule is CC1(OCC(=O)O)CN(c2cccc(Cl)c2C#N)C1. The molecule has 0 bridgehead atoms. The number of ether oxygens (including phenoxy) is 1. The van der Waals surface area contributed by atoms with Gasteiger partial charge in [0.25, 0.3) is 0 Å². The van der Waals surface area contributed by atoms with E-state index < -0.39 is 11.6 Å². The van der Waals surface area contributed by atoms with E-state index in [1.165, 1.54) is 0 Å². The number of anilines is 1. The number of rotatable bonds is 4. The molecule has 6 heteroatoms. The van der Waals surface area contributed by atoms with Crippen LogP contribution in [0, 0.1) is 11.3 Å². The number of nitrogens with zero attached hydrogens (tertiary/aromatic N) is 2. The van der Waals surface area contributed by atoms with Gasteiger partial charge in [-0.3, -0.25) is 0 Å². The van der Waals surface area contributed by atoms with Crippen molar-refractivity contribution >= 4 is 23.3 Å². The first-order chi connectivity index (χ1) is 8.95. The van der Waals surface area contributed by atoms with Crippen LogP contribution in [0.2, 0.25) is 5.02 Å². The fourth-order valence-electron chi connectivity index (χ4n) is 2.15. The highest BCUT2D eigenvalue weighted by Crippen LogP contribution is 2.34. The molecule has 0 aliphatic carbocycles. The van der Waals surface area contributed by atoms with E-state index in [2.05, 4.69) is 6.07 Å². The van der Waals surface area contributed by atoms with Crippen LogP contribution in [0.4, 0.5) is 5.69 Å². The number of nitriles is 1. The number of halogens is 1. The number of carboxylic acid groups (broad SMARTS) is 1. The lowest BCUT2D eigenvalue weighted by Gasteiger charge is -2.48. The molecule has 1 saturated heterocycles. The number of aliphatic carboxylic acids is 1. The highest BCUT2D eigenvalue weighted by molar-refractivity contribution is 6.32. The van der Waals surface area contributed by atoms with Crippen LogP contribution in [0.25, 0.3) is 0 Å². The highest BCUT2D eigenvalue weighted by atomic mass is 35.5. The zero-order valence-electron chi connectivity index (χ0n) is 10.4. The van der Waals surface area contributed by atoms with Gasteiger partial charge < -0.3 is 14.7 Å². The quantitative estimate of drug-likeness (QED) is 0.912. The van der Waals surface area contributed by atoms with Crippen molar-refractivity contribution in [3.8, 4) is 6.07 Å². The molecule has 5 nitrogen and oxygen atoms in total. The molecule has 0 spiro atoms. The Hall–Kier alpha value is -1.77. The molecular formula is C13H13ClN2O3. The van der Waals surface area contributed by atoms with Gasteiger partial charge in [0.05, 0.1) is 16.3 Å². The summed E-state index contributed by atoms with van der Waals surface area (Å²) in [6.45, 7) is 2.61. The van der Waals surface area contributed by atoms with Gasteiger partial charge in [-0.05, 0) is 19.1 Å². The summed E-state index contributed by atoms with van der Waals surface area (Å²) in [5, 5.41) is 18.1. The molecular weight excluding hydrogens is 268 g/mol. The second-order valence-corrected chi connectivity index (χ2v) is 5.14. The summed E-state index contributed by atoms with van der Waals surface area (Å²) < 4.78 is 5.33. The van der Waals surface area contributed by atoms with Crippen molar-refractivity contribution in [1.82, 2.24) is 0 Å². The third-order valence-electron chi connectivity index (χ3n) is 3.04. The first-order valence-corrected chi connectivity index (χ1v) is 6.12. The fraction of sp³-hybridized carbons (Fsp3) is 0.385. The number of carboxylic acids is 1. The predicted molar refractivity (Wildman–Crippen MR) is 70.4 cm³/mol. The Labute approximate surface area is 116 Å². The molecule has 2 rings (SSSR count). The molecule has 1 fully saturated rings. The van der Waals surface area contributed by atoms with Gasteiger partial charge in [-0.1, -0.05) is 17.7 Å². The minimum absolute atomic E-state index is 0.314. The normalized spacial score (nSPS) is 16.6. The topological polar surface area (TPSA) is 73.6 Å². The minimum atomic E-state index is -0.986. The second kappa shape index (κ2) is 5.08. The third-order valence-corrected chi connectivity index (χ3v) is 3.35. The lowest BCUT2D eigenvalue weighted by molar-refractivity contribution is -0.150. The summed E-state index contributed by atoms with van der Waals surface area (Å²) in [4.78, 5) is 12.4. The van der Waals surface area contributed by atoms with E-state index in [0.29, 0.717) is 23.7 Å². The smallest absolute Gasteiger partial charge is 0.329 e. The molecule has 0 saturated carbocycles. The third kappa shape index (κ3) is 2.80. The van der Waals surface area contributed by atoms with Crippen molar-refractivity contribution < 1.29 is 14.6 Å². The second-order valence-electron chi connectivity index (χ2n) is 4.73. The van der Waals surface area contributed by atoms with E-state index in [-0.39, 0.29) is 6.61 Å². The van der Waals surface area contributed by atoms with Crippen molar-refractivity contribution in [3.63, 3.8) is 0 Å². The van der Waals surface area contributed by atoms with Gasteiger partial charge in [-0.2, -0.15) is 5.26 Å². The monoisotopic (exact) mass is 280 g/mol. The molecule has 0 aromatic heterocycles. The molecule has 1 aromatic carbocycles. The molecule has 0 radical (unpaired) electrons. The molecule has 0 atom stereocenters. The Morgan fingerprint density at radius 3 is 2.89 bits per heavy atom. The molecule has 100 valence electrons. The van der Waals surface area contributed by atoms with Crippen LogP contribution in [0.15, 0.2) is 18.2 Å². The Bertz CT molecular complexity index is 547. The summed E-state index contributed by atoms with van der Waals surface area (Å²) in [6.07, 6.45) is 0. The van der Waals surface area contributed by atoms with Crippen molar-refractivity contribution in [2.75, 3.05) is 24.6 Å². The van der Waals surface area contributed by atoms with Gasteiger partial charge in [0, 0.05) is 13.1 Å². The summed E-state index contributed by atoms with van der Waals surface area (Å²) in [5.41, 5.74) is 0.698. The Morgan fingerprint density at radius 1 is 1.63 bits per heavy atom. The fourth-order valence-corrected chi connectivity index (χ4v) is 2.36. The molecule has 1 aliphatic heterocycles. The summed E-state index contributed by atoms with van der Waals surface area (Å²) >= 11 is 5.97. The number of benzene rings is 1. The molecule has 19 heavy (non-hydrogen) atoms. The van der Waals surface area contributed by atoms with Gasteiger partial charge in [-0.15, -0.1) is 0 Å². The minimum Gasteiger partial charge on any atom is -0.480 e. The summed E-state index contributed by atoms with van der Waals surface area (Å²) in [6, 6.07) is 7.36. The maximum Gasteiger partial charge on any atom is 0.329 e. The van der Waals surface area contributed by atoms with Crippen LogP contribution in [-0.2, 0) is 9.53 Å². The Balaban J connectivity index is 2.07. The van der Waals surface area contributed by atoms with E-state index in [1.54, 1.807) is 12.1 Å². The lowest BCUT2D eigenvalue weighted by Crippen LogP contribution is -2.62. The molecule has 1 aliphatic rings. The number of hydrogen-bond acceptors (Lipinski definition) is 4. The van der Waals surface area contributed by atoms with Gasteiger partial charge in [0.15, 0.2) is 0 Å². The van der Waals surface area contributed by atoms with Crippen molar-refractivity contribution in [2.24, 2.45) is 0 Å². The van der Waals surface area contributed by atoms with Gasteiger partial charge >= 0.3 is 5.97 Å².